The summed E-state index contributed by atoms with van der Waals surface area (Å²) >= 11 is 0. The SMILES string of the molecule is CCNC(c1ccc(CC)cc1)c1ccc(C)cc1C. The molecule has 20 heavy (non-hydrogen) atoms. The van der Waals surface area contributed by atoms with E-state index < -0.39 is 0 Å². The Morgan fingerprint density at radius 2 is 1.65 bits per heavy atom. The van der Waals surface area contributed by atoms with Gasteiger partial charge < -0.3 is 5.32 Å². The van der Waals surface area contributed by atoms with Crippen LogP contribution in [0, 0.1) is 13.8 Å². The van der Waals surface area contributed by atoms with Crippen molar-refractivity contribution in [2.45, 2.75) is 40.2 Å². The molecule has 0 aliphatic carbocycles. The van der Waals surface area contributed by atoms with Crippen molar-refractivity contribution in [3.63, 3.8) is 0 Å². The molecule has 0 radical (unpaired) electrons. The molecule has 2 rings (SSSR count). The predicted molar refractivity (Wildman–Crippen MR) is 87.3 cm³/mol. The monoisotopic (exact) mass is 267 g/mol. The van der Waals surface area contributed by atoms with Crippen molar-refractivity contribution in [1.29, 1.82) is 0 Å². The lowest BCUT2D eigenvalue weighted by Crippen LogP contribution is -2.22. The van der Waals surface area contributed by atoms with Crippen LogP contribution in [-0.2, 0) is 6.42 Å². The summed E-state index contributed by atoms with van der Waals surface area (Å²) in [4.78, 5) is 0. The third-order valence-corrected chi connectivity index (χ3v) is 3.87. The van der Waals surface area contributed by atoms with E-state index in [-0.39, 0.29) is 6.04 Å². The maximum Gasteiger partial charge on any atom is 0.0579 e. The highest BCUT2D eigenvalue weighted by Gasteiger charge is 2.14. The second-order valence-corrected chi connectivity index (χ2v) is 5.45. The Labute approximate surface area is 123 Å². The second kappa shape index (κ2) is 6.71. The average Bonchev–Trinajstić information content (AvgIpc) is 2.46. The molecule has 0 heterocycles. The van der Waals surface area contributed by atoms with Gasteiger partial charge in [0.2, 0.25) is 0 Å². The van der Waals surface area contributed by atoms with E-state index in [2.05, 4.69) is 75.5 Å². The van der Waals surface area contributed by atoms with Gasteiger partial charge in [-0.15, -0.1) is 0 Å². The maximum absolute atomic E-state index is 3.61. The van der Waals surface area contributed by atoms with Gasteiger partial charge >= 0.3 is 0 Å². The van der Waals surface area contributed by atoms with Gasteiger partial charge in [0.1, 0.15) is 0 Å². The first-order chi connectivity index (χ1) is 9.65. The van der Waals surface area contributed by atoms with E-state index in [4.69, 9.17) is 0 Å². The number of aryl methyl sites for hydroxylation is 3. The lowest BCUT2D eigenvalue weighted by molar-refractivity contribution is 0.627. The van der Waals surface area contributed by atoms with Crippen LogP contribution in [-0.4, -0.2) is 6.54 Å². The first kappa shape index (κ1) is 14.8. The van der Waals surface area contributed by atoms with Gasteiger partial charge in [-0.2, -0.15) is 0 Å². The fourth-order valence-corrected chi connectivity index (χ4v) is 2.71. The molecule has 1 heteroatoms. The molecular weight excluding hydrogens is 242 g/mol. The van der Waals surface area contributed by atoms with Gasteiger partial charge in [0.15, 0.2) is 0 Å². The molecule has 1 nitrogen and oxygen atoms in total. The highest BCUT2D eigenvalue weighted by molar-refractivity contribution is 5.39. The lowest BCUT2D eigenvalue weighted by Gasteiger charge is -2.21. The topological polar surface area (TPSA) is 12.0 Å². The van der Waals surface area contributed by atoms with Crippen molar-refractivity contribution in [3.8, 4) is 0 Å². The van der Waals surface area contributed by atoms with E-state index in [0.29, 0.717) is 0 Å². The van der Waals surface area contributed by atoms with E-state index in [1.165, 1.54) is 27.8 Å². The number of rotatable bonds is 5. The highest BCUT2D eigenvalue weighted by Crippen LogP contribution is 2.26. The Hall–Kier alpha value is -1.60. The Morgan fingerprint density at radius 1 is 0.950 bits per heavy atom. The lowest BCUT2D eigenvalue weighted by atomic mass is 9.93. The number of hydrogen-bond donors (Lipinski definition) is 1. The van der Waals surface area contributed by atoms with Crippen LogP contribution in [0.3, 0.4) is 0 Å². The Kier molecular flexibility index (Phi) is 4.97. The standard InChI is InChI=1S/C19H25N/c1-5-16-8-10-17(11-9-16)19(20-6-2)18-12-7-14(3)13-15(18)4/h7-13,19-20H,5-6H2,1-4H3. The van der Waals surface area contributed by atoms with Crippen LogP contribution in [0.15, 0.2) is 42.5 Å². The fraction of sp³-hybridized carbons (Fsp3) is 0.368. The molecule has 0 bridgehead atoms. The molecule has 2 aromatic rings. The number of benzene rings is 2. The van der Waals surface area contributed by atoms with E-state index in [9.17, 15) is 0 Å². The van der Waals surface area contributed by atoms with Gasteiger partial charge in [-0.3, -0.25) is 0 Å². The average molecular weight is 267 g/mol. The molecular formula is C19H25N. The van der Waals surface area contributed by atoms with Crippen LogP contribution < -0.4 is 5.32 Å². The van der Waals surface area contributed by atoms with Crippen molar-refractivity contribution in [2.75, 3.05) is 6.54 Å². The first-order valence-electron chi connectivity index (χ1n) is 7.55. The summed E-state index contributed by atoms with van der Waals surface area (Å²) in [6.45, 7) is 9.67. The highest BCUT2D eigenvalue weighted by atomic mass is 14.9. The van der Waals surface area contributed by atoms with Gasteiger partial charge in [0.25, 0.3) is 0 Å². The predicted octanol–water partition coefficient (Wildman–Crippen LogP) is 4.56. The summed E-state index contributed by atoms with van der Waals surface area (Å²) in [5, 5.41) is 3.61. The fourth-order valence-electron chi connectivity index (χ4n) is 2.71. The third kappa shape index (κ3) is 3.29. The van der Waals surface area contributed by atoms with Crippen LogP contribution in [0.1, 0.15) is 47.7 Å². The zero-order chi connectivity index (χ0) is 14.5. The summed E-state index contributed by atoms with van der Waals surface area (Å²) in [6.07, 6.45) is 1.09. The van der Waals surface area contributed by atoms with Crippen molar-refractivity contribution in [3.05, 3.63) is 70.3 Å². The quantitative estimate of drug-likeness (QED) is 0.837. The summed E-state index contributed by atoms with van der Waals surface area (Å²) in [7, 11) is 0. The van der Waals surface area contributed by atoms with Crippen molar-refractivity contribution in [2.24, 2.45) is 0 Å². The molecule has 2 aromatic carbocycles. The minimum Gasteiger partial charge on any atom is -0.307 e. The Balaban J connectivity index is 2.38. The van der Waals surface area contributed by atoms with Crippen molar-refractivity contribution in [1.82, 2.24) is 5.32 Å². The molecule has 0 spiro atoms. The Bertz CT molecular complexity index is 554. The molecule has 0 fully saturated rings. The molecule has 0 aromatic heterocycles. The molecule has 0 saturated carbocycles. The van der Waals surface area contributed by atoms with Gasteiger partial charge in [0.05, 0.1) is 6.04 Å². The molecule has 0 aliphatic heterocycles. The van der Waals surface area contributed by atoms with Crippen LogP contribution in [0.5, 0.6) is 0 Å². The van der Waals surface area contributed by atoms with Gasteiger partial charge in [-0.1, -0.05) is 61.9 Å². The van der Waals surface area contributed by atoms with Crippen LogP contribution in [0.2, 0.25) is 0 Å². The minimum atomic E-state index is 0.284. The number of nitrogens with one attached hydrogen (secondary N) is 1. The van der Waals surface area contributed by atoms with Gasteiger partial charge in [-0.05, 0) is 49.1 Å². The normalized spacial score (nSPS) is 12.4. The van der Waals surface area contributed by atoms with E-state index in [0.717, 1.165) is 13.0 Å². The zero-order valence-corrected chi connectivity index (χ0v) is 13.0. The summed E-state index contributed by atoms with van der Waals surface area (Å²) in [5.41, 5.74) is 6.79. The minimum absolute atomic E-state index is 0.284. The summed E-state index contributed by atoms with van der Waals surface area (Å²) < 4.78 is 0. The smallest absolute Gasteiger partial charge is 0.0579 e. The molecule has 1 N–H and O–H groups in total. The van der Waals surface area contributed by atoms with Crippen LogP contribution in [0.25, 0.3) is 0 Å². The molecule has 0 amide bonds. The van der Waals surface area contributed by atoms with Crippen LogP contribution >= 0.6 is 0 Å². The molecule has 1 atom stereocenters. The molecule has 106 valence electrons. The van der Waals surface area contributed by atoms with Crippen molar-refractivity contribution < 1.29 is 0 Å². The molecule has 0 aliphatic rings. The summed E-state index contributed by atoms with van der Waals surface area (Å²) in [5.74, 6) is 0. The summed E-state index contributed by atoms with van der Waals surface area (Å²) in [6, 6.07) is 16.0. The Morgan fingerprint density at radius 3 is 2.20 bits per heavy atom. The molecule has 1 unspecified atom stereocenters. The second-order valence-electron chi connectivity index (χ2n) is 5.45. The van der Waals surface area contributed by atoms with Gasteiger partial charge in [0, 0.05) is 0 Å². The van der Waals surface area contributed by atoms with Crippen molar-refractivity contribution >= 4 is 0 Å². The first-order valence-corrected chi connectivity index (χ1v) is 7.55. The zero-order valence-electron chi connectivity index (χ0n) is 13.0. The number of hydrogen-bond acceptors (Lipinski definition) is 1. The molecule has 0 saturated heterocycles. The van der Waals surface area contributed by atoms with Gasteiger partial charge in [-0.25, -0.2) is 0 Å². The van der Waals surface area contributed by atoms with E-state index in [1.807, 2.05) is 0 Å². The van der Waals surface area contributed by atoms with Crippen LogP contribution in [0.4, 0.5) is 0 Å². The third-order valence-electron chi connectivity index (χ3n) is 3.87. The van der Waals surface area contributed by atoms with E-state index >= 15 is 0 Å². The maximum atomic E-state index is 3.61. The van der Waals surface area contributed by atoms with E-state index in [1.54, 1.807) is 0 Å². The largest absolute Gasteiger partial charge is 0.307 e.